The van der Waals surface area contributed by atoms with E-state index < -0.39 is 6.10 Å². The van der Waals surface area contributed by atoms with Crippen LogP contribution >= 0.6 is 0 Å². The number of amides is 1. The molecule has 5 heteroatoms. The summed E-state index contributed by atoms with van der Waals surface area (Å²) in [5.41, 5.74) is 0.554. The van der Waals surface area contributed by atoms with Gasteiger partial charge in [0.2, 0.25) is 0 Å². The first-order valence-corrected chi connectivity index (χ1v) is 6.44. The number of carbonyl (C=O) groups excluding carboxylic acids is 1. The zero-order valence-corrected chi connectivity index (χ0v) is 11.3. The van der Waals surface area contributed by atoms with Crippen molar-refractivity contribution < 1.29 is 19.4 Å². The number of aliphatic hydroxyl groups excluding tert-OH is 1. The highest BCUT2D eigenvalue weighted by atomic mass is 16.5. The largest absolute Gasteiger partial charge is 0.493 e. The van der Waals surface area contributed by atoms with E-state index in [9.17, 15) is 9.90 Å². The molecule has 5 nitrogen and oxygen atoms in total. The van der Waals surface area contributed by atoms with Crippen LogP contribution in [-0.2, 0) is 0 Å². The third-order valence-electron chi connectivity index (χ3n) is 3.16. The molecular weight excluding hydrogens is 246 g/mol. The maximum Gasteiger partial charge on any atom is 0.254 e. The van der Waals surface area contributed by atoms with E-state index in [2.05, 4.69) is 0 Å². The van der Waals surface area contributed by atoms with Crippen LogP contribution in [0, 0.1) is 0 Å². The van der Waals surface area contributed by atoms with Gasteiger partial charge in [0.25, 0.3) is 5.91 Å². The van der Waals surface area contributed by atoms with E-state index in [1.807, 2.05) is 6.92 Å². The Bertz CT molecular complexity index is 461. The molecule has 0 spiro atoms. The number of likely N-dealkylation sites (tertiary alicyclic amines) is 1. The Morgan fingerprint density at radius 2 is 2.26 bits per heavy atom. The Morgan fingerprint density at radius 3 is 2.84 bits per heavy atom. The minimum atomic E-state index is -0.409. The second-order valence-electron chi connectivity index (χ2n) is 4.49. The molecule has 0 radical (unpaired) electrons. The summed E-state index contributed by atoms with van der Waals surface area (Å²) in [6.07, 6.45) is 0.230. The van der Waals surface area contributed by atoms with Gasteiger partial charge in [-0.1, -0.05) is 0 Å². The molecule has 1 fully saturated rings. The number of hydrogen-bond donors (Lipinski definition) is 1. The Kier molecular flexibility index (Phi) is 4.27. The van der Waals surface area contributed by atoms with Crippen molar-refractivity contribution in [1.82, 2.24) is 4.90 Å². The van der Waals surface area contributed by atoms with Crippen LogP contribution in [0.25, 0.3) is 0 Å². The summed E-state index contributed by atoms with van der Waals surface area (Å²) < 4.78 is 10.6. The van der Waals surface area contributed by atoms with Crippen LogP contribution < -0.4 is 9.47 Å². The van der Waals surface area contributed by atoms with E-state index in [1.54, 1.807) is 30.2 Å². The fourth-order valence-electron chi connectivity index (χ4n) is 2.19. The average Bonchev–Trinajstić information content (AvgIpc) is 2.85. The molecule has 1 heterocycles. The van der Waals surface area contributed by atoms with E-state index in [4.69, 9.17) is 9.47 Å². The van der Waals surface area contributed by atoms with Crippen LogP contribution in [0.5, 0.6) is 11.5 Å². The van der Waals surface area contributed by atoms with Gasteiger partial charge in [-0.3, -0.25) is 4.79 Å². The van der Waals surface area contributed by atoms with Gasteiger partial charge in [0, 0.05) is 18.7 Å². The highest BCUT2D eigenvalue weighted by molar-refractivity contribution is 5.95. The molecule has 2 rings (SSSR count). The molecule has 0 saturated carbocycles. The van der Waals surface area contributed by atoms with Gasteiger partial charge < -0.3 is 19.5 Å². The number of methoxy groups -OCH3 is 1. The lowest BCUT2D eigenvalue weighted by Crippen LogP contribution is -2.29. The lowest BCUT2D eigenvalue weighted by atomic mass is 10.1. The summed E-state index contributed by atoms with van der Waals surface area (Å²) in [7, 11) is 1.57. The molecule has 1 aromatic carbocycles. The predicted molar refractivity (Wildman–Crippen MR) is 70.7 cm³/mol. The number of benzene rings is 1. The van der Waals surface area contributed by atoms with Crippen molar-refractivity contribution in [2.75, 3.05) is 26.8 Å². The van der Waals surface area contributed by atoms with Crippen LogP contribution in [-0.4, -0.2) is 48.8 Å². The van der Waals surface area contributed by atoms with E-state index in [1.165, 1.54) is 0 Å². The molecule has 1 amide bonds. The maximum absolute atomic E-state index is 12.3. The van der Waals surface area contributed by atoms with E-state index >= 15 is 0 Å². The minimum absolute atomic E-state index is 0.0832. The molecule has 19 heavy (non-hydrogen) atoms. The van der Waals surface area contributed by atoms with E-state index in [-0.39, 0.29) is 5.91 Å². The van der Waals surface area contributed by atoms with Crippen molar-refractivity contribution in [2.45, 2.75) is 19.4 Å². The van der Waals surface area contributed by atoms with Crippen molar-refractivity contribution in [2.24, 2.45) is 0 Å². The molecular formula is C14H19NO4. The Morgan fingerprint density at radius 1 is 1.47 bits per heavy atom. The number of carbonyl (C=O) groups is 1. The van der Waals surface area contributed by atoms with Crippen molar-refractivity contribution in [3.63, 3.8) is 0 Å². The Labute approximate surface area is 112 Å². The predicted octanol–water partition coefficient (Wildman–Crippen LogP) is 1.30. The van der Waals surface area contributed by atoms with Gasteiger partial charge in [-0.15, -0.1) is 0 Å². The second kappa shape index (κ2) is 5.93. The summed E-state index contributed by atoms with van der Waals surface area (Å²) >= 11 is 0. The zero-order chi connectivity index (χ0) is 13.8. The molecule has 1 N–H and O–H groups in total. The summed E-state index contributed by atoms with van der Waals surface area (Å²) in [6.45, 7) is 3.38. The van der Waals surface area contributed by atoms with Crippen LogP contribution in [0.15, 0.2) is 18.2 Å². The molecule has 0 aromatic heterocycles. The Hall–Kier alpha value is -1.75. The molecule has 104 valence electrons. The Balaban J connectivity index is 2.20. The number of aliphatic hydroxyl groups is 1. The fraction of sp³-hybridized carbons (Fsp3) is 0.500. The lowest BCUT2D eigenvalue weighted by molar-refractivity contribution is 0.0764. The minimum Gasteiger partial charge on any atom is -0.493 e. The number of hydrogen-bond acceptors (Lipinski definition) is 4. The molecule has 1 aromatic rings. The molecule has 0 aliphatic carbocycles. The molecule has 1 aliphatic rings. The van der Waals surface area contributed by atoms with Gasteiger partial charge in [0.05, 0.1) is 19.8 Å². The molecule has 0 bridgehead atoms. The van der Waals surface area contributed by atoms with Gasteiger partial charge in [0.1, 0.15) is 0 Å². The first-order chi connectivity index (χ1) is 9.15. The van der Waals surface area contributed by atoms with Gasteiger partial charge in [-0.2, -0.15) is 0 Å². The van der Waals surface area contributed by atoms with Crippen molar-refractivity contribution in [3.05, 3.63) is 23.8 Å². The molecule has 0 unspecified atom stereocenters. The highest BCUT2D eigenvalue weighted by Gasteiger charge is 2.25. The first kappa shape index (κ1) is 13.7. The lowest BCUT2D eigenvalue weighted by Gasteiger charge is -2.17. The smallest absolute Gasteiger partial charge is 0.254 e. The third kappa shape index (κ3) is 2.98. The second-order valence-corrected chi connectivity index (χ2v) is 4.49. The van der Waals surface area contributed by atoms with Crippen molar-refractivity contribution in [3.8, 4) is 11.5 Å². The zero-order valence-electron chi connectivity index (χ0n) is 11.3. The standard InChI is InChI=1S/C14H19NO4/c1-3-19-13-8-10(4-5-12(13)18-2)14(17)15-7-6-11(16)9-15/h4-5,8,11,16H,3,6-7,9H2,1-2H3/t11-/m0/s1. The van der Waals surface area contributed by atoms with Crippen LogP contribution in [0.4, 0.5) is 0 Å². The topological polar surface area (TPSA) is 59.0 Å². The summed E-state index contributed by atoms with van der Waals surface area (Å²) in [4.78, 5) is 13.9. The first-order valence-electron chi connectivity index (χ1n) is 6.44. The SMILES string of the molecule is CCOc1cc(C(=O)N2CC[C@H](O)C2)ccc1OC. The monoisotopic (exact) mass is 265 g/mol. The highest BCUT2D eigenvalue weighted by Crippen LogP contribution is 2.29. The van der Waals surface area contributed by atoms with Crippen LogP contribution in [0.1, 0.15) is 23.7 Å². The quantitative estimate of drug-likeness (QED) is 0.891. The third-order valence-corrected chi connectivity index (χ3v) is 3.16. The maximum atomic E-state index is 12.3. The van der Waals surface area contributed by atoms with Crippen molar-refractivity contribution >= 4 is 5.91 Å². The number of β-amino-alcohol motifs (C(OH)–C–C–N with tert-alkyl or cyclic N) is 1. The summed E-state index contributed by atoms with van der Waals surface area (Å²) in [5, 5.41) is 9.48. The van der Waals surface area contributed by atoms with Gasteiger partial charge in [0.15, 0.2) is 11.5 Å². The summed E-state index contributed by atoms with van der Waals surface area (Å²) in [5.74, 6) is 1.09. The summed E-state index contributed by atoms with van der Waals surface area (Å²) in [6, 6.07) is 5.13. The van der Waals surface area contributed by atoms with Gasteiger partial charge in [-0.05, 0) is 31.5 Å². The van der Waals surface area contributed by atoms with E-state index in [0.29, 0.717) is 43.2 Å². The normalized spacial score (nSPS) is 18.5. The van der Waals surface area contributed by atoms with Crippen molar-refractivity contribution in [1.29, 1.82) is 0 Å². The number of ether oxygens (including phenoxy) is 2. The van der Waals surface area contributed by atoms with Gasteiger partial charge in [-0.25, -0.2) is 0 Å². The fourth-order valence-corrected chi connectivity index (χ4v) is 2.19. The van der Waals surface area contributed by atoms with Gasteiger partial charge >= 0.3 is 0 Å². The van der Waals surface area contributed by atoms with Crippen LogP contribution in [0.2, 0.25) is 0 Å². The number of nitrogens with zero attached hydrogens (tertiary/aromatic N) is 1. The molecule has 1 aliphatic heterocycles. The average molecular weight is 265 g/mol. The molecule has 1 atom stereocenters. The molecule has 1 saturated heterocycles. The van der Waals surface area contributed by atoms with E-state index in [0.717, 1.165) is 0 Å². The number of rotatable bonds is 4. The van der Waals surface area contributed by atoms with Crippen LogP contribution in [0.3, 0.4) is 0 Å².